The third-order valence-electron chi connectivity index (χ3n) is 2.25. The molecule has 4 nitrogen and oxygen atoms in total. The minimum absolute atomic E-state index is 0.125. The van der Waals surface area contributed by atoms with E-state index in [0.29, 0.717) is 13.0 Å². The molecule has 0 aliphatic rings. The molecular formula is C12H13FN2O2. The maximum atomic E-state index is 13.5. The standard InChI is InChI=1S/C12H13FN2O2/c1-2-7-15(8-6-14)12(17)11-9(13)4-3-5-10(11)16/h3-5,16H,2,7-8H2,1H3. The van der Waals surface area contributed by atoms with E-state index in [2.05, 4.69) is 0 Å². The molecule has 1 rings (SSSR count). The predicted molar refractivity (Wildman–Crippen MR) is 59.9 cm³/mol. The zero-order valence-corrected chi connectivity index (χ0v) is 9.48. The second kappa shape index (κ2) is 5.85. The number of rotatable bonds is 4. The molecule has 0 saturated heterocycles. The van der Waals surface area contributed by atoms with Crippen molar-refractivity contribution >= 4 is 5.91 Å². The monoisotopic (exact) mass is 236 g/mol. The topological polar surface area (TPSA) is 64.3 Å². The summed E-state index contributed by atoms with van der Waals surface area (Å²) in [7, 11) is 0. The summed E-state index contributed by atoms with van der Waals surface area (Å²) in [4.78, 5) is 13.1. The Bertz CT molecular complexity index is 434. The number of aromatic hydroxyl groups is 1. The molecule has 0 radical (unpaired) electrons. The molecule has 0 unspecified atom stereocenters. The van der Waals surface area contributed by atoms with Gasteiger partial charge in [0.2, 0.25) is 0 Å². The van der Waals surface area contributed by atoms with Gasteiger partial charge < -0.3 is 10.0 Å². The molecule has 0 aliphatic heterocycles. The lowest BCUT2D eigenvalue weighted by molar-refractivity contribution is 0.0768. The molecular weight excluding hydrogens is 223 g/mol. The van der Waals surface area contributed by atoms with Gasteiger partial charge >= 0.3 is 0 Å². The van der Waals surface area contributed by atoms with Crippen molar-refractivity contribution in [2.75, 3.05) is 13.1 Å². The molecule has 0 bridgehead atoms. The SMILES string of the molecule is CCCN(CC#N)C(=O)c1c(O)cccc1F. The average Bonchev–Trinajstić information content (AvgIpc) is 2.28. The molecule has 0 fully saturated rings. The van der Waals surface area contributed by atoms with Crippen LogP contribution in [-0.2, 0) is 0 Å². The van der Waals surface area contributed by atoms with Crippen molar-refractivity contribution in [1.29, 1.82) is 5.26 Å². The second-order valence-electron chi connectivity index (χ2n) is 3.52. The molecule has 1 aromatic carbocycles. The van der Waals surface area contributed by atoms with E-state index in [0.717, 1.165) is 6.07 Å². The van der Waals surface area contributed by atoms with Crippen molar-refractivity contribution in [3.63, 3.8) is 0 Å². The van der Waals surface area contributed by atoms with Crippen LogP contribution < -0.4 is 0 Å². The Kier molecular flexibility index (Phi) is 4.46. The van der Waals surface area contributed by atoms with E-state index in [1.165, 1.54) is 17.0 Å². The number of hydrogen-bond acceptors (Lipinski definition) is 3. The minimum atomic E-state index is -0.783. The zero-order valence-electron chi connectivity index (χ0n) is 9.48. The fraction of sp³-hybridized carbons (Fsp3) is 0.333. The largest absolute Gasteiger partial charge is 0.507 e. The zero-order chi connectivity index (χ0) is 12.8. The summed E-state index contributed by atoms with van der Waals surface area (Å²) in [5.74, 6) is -1.85. The van der Waals surface area contributed by atoms with Crippen LogP contribution in [0.15, 0.2) is 18.2 Å². The van der Waals surface area contributed by atoms with Gasteiger partial charge in [0.25, 0.3) is 5.91 Å². The van der Waals surface area contributed by atoms with Gasteiger partial charge in [0.1, 0.15) is 23.7 Å². The van der Waals surface area contributed by atoms with E-state index in [1.807, 2.05) is 13.0 Å². The Labute approximate surface area is 98.9 Å². The number of hydrogen-bond donors (Lipinski definition) is 1. The van der Waals surface area contributed by atoms with Crippen LogP contribution in [0.5, 0.6) is 5.75 Å². The van der Waals surface area contributed by atoms with Crippen LogP contribution in [0.25, 0.3) is 0 Å². The molecule has 0 spiro atoms. The second-order valence-corrected chi connectivity index (χ2v) is 3.52. The van der Waals surface area contributed by atoms with Gasteiger partial charge in [-0.2, -0.15) is 5.26 Å². The Morgan fingerprint density at radius 1 is 1.59 bits per heavy atom. The lowest BCUT2D eigenvalue weighted by Crippen LogP contribution is -2.32. The van der Waals surface area contributed by atoms with E-state index in [9.17, 15) is 14.3 Å². The molecule has 5 heteroatoms. The number of carbonyl (C=O) groups is 1. The summed E-state index contributed by atoms with van der Waals surface area (Å²) in [6, 6.07) is 5.50. The highest BCUT2D eigenvalue weighted by molar-refractivity contribution is 5.97. The smallest absolute Gasteiger partial charge is 0.261 e. The van der Waals surface area contributed by atoms with E-state index >= 15 is 0 Å². The maximum Gasteiger partial charge on any atom is 0.261 e. The van der Waals surface area contributed by atoms with Crippen LogP contribution in [0.4, 0.5) is 4.39 Å². The quantitative estimate of drug-likeness (QED) is 0.812. The third kappa shape index (κ3) is 2.94. The van der Waals surface area contributed by atoms with Gasteiger partial charge in [-0.1, -0.05) is 13.0 Å². The third-order valence-corrected chi connectivity index (χ3v) is 2.25. The van der Waals surface area contributed by atoms with Crippen LogP contribution in [0.1, 0.15) is 23.7 Å². The summed E-state index contributed by atoms with van der Waals surface area (Å²) >= 11 is 0. The lowest BCUT2D eigenvalue weighted by Gasteiger charge is -2.19. The van der Waals surface area contributed by atoms with Gasteiger partial charge in [-0.25, -0.2) is 4.39 Å². The highest BCUT2D eigenvalue weighted by atomic mass is 19.1. The summed E-state index contributed by atoms with van der Waals surface area (Å²) in [5.41, 5.74) is -0.379. The molecule has 1 N–H and O–H groups in total. The van der Waals surface area contributed by atoms with E-state index in [-0.39, 0.29) is 12.1 Å². The fourth-order valence-corrected chi connectivity index (χ4v) is 1.49. The number of halogens is 1. The van der Waals surface area contributed by atoms with Crippen LogP contribution in [0.2, 0.25) is 0 Å². The van der Waals surface area contributed by atoms with Crippen molar-refractivity contribution in [1.82, 2.24) is 4.90 Å². The Balaban J connectivity index is 3.05. The fourth-order valence-electron chi connectivity index (χ4n) is 1.49. The van der Waals surface area contributed by atoms with Crippen molar-refractivity contribution < 1.29 is 14.3 Å². The van der Waals surface area contributed by atoms with Crippen LogP contribution in [-0.4, -0.2) is 29.0 Å². The van der Waals surface area contributed by atoms with Gasteiger partial charge in [-0.3, -0.25) is 4.79 Å². The molecule has 90 valence electrons. The van der Waals surface area contributed by atoms with Crippen LogP contribution in [0.3, 0.4) is 0 Å². The molecule has 0 aromatic heterocycles. The maximum absolute atomic E-state index is 13.5. The highest BCUT2D eigenvalue weighted by Crippen LogP contribution is 2.21. The molecule has 1 aromatic rings. The Morgan fingerprint density at radius 3 is 2.82 bits per heavy atom. The number of nitriles is 1. The Hall–Kier alpha value is -2.09. The number of phenols is 1. The van der Waals surface area contributed by atoms with Gasteiger partial charge in [-0.15, -0.1) is 0 Å². The lowest BCUT2D eigenvalue weighted by atomic mass is 10.1. The number of carbonyl (C=O) groups excluding carboxylic acids is 1. The van der Waals surface area contributed by atoms with Gasteiger partial charge in [0.05, 0.1) is 6.07 Å². The molecule has 0 saturated carbocycles. The Morgan fingerprint density at radius 2 is 2.29 bits per heavy atom. The van der Waals surface area contributed by atoms with Gasteiger partial charge in [-0.05, 0) is 18.6 Å². The number of amides is 1. The van der Waals surface area contributed by atoms with E-state index in [4.69, 9.17) is 5.26 Å². The number of phenolic OH excluding ortho intramolecular Hbond substituents is 1. The van der Waals surface area contributed by atoms with Gasteiger partial charge in [0, 0.05) is 6.54 Å². The molecule has 17 heavy (non-hydrogen) atoms. The molecule has 0 heterocycles. The van der Waals surface area contributed by atoms with Crippen molar-refractivity contribution in [3.05, 3.63) is 29.6 Å². The van der Waals surface area contributed by atoms with E-state index in [1.54, 1.807) is 0 Å². The summed E-state index contributed by atoms with van der Waals surface area (Å²) in [5, 5.41) is 18.1. The first-order valence-corrected chi connectivity index (χ1v) is 5.25. The minimum Gasteiger partial charge on any atom is -0.507 e. The first-order chi connectivity index (χ1) is 8.11. The first kappa shape index (κ1) is 13.0. The molecule has 1 amide bonds. The first-order valence-electron chi connectivity index (χ1n) is 5.25. The number of benzene rings is 1. The average molecular weight is 236 g/mol. The summed E-state index contributed by atoms with van der Waals surface area (Å²) < 4.78 is 13.5. The van der Waals surface area contributed by atoms with Crippen LogP contribution >= 0.6 is 0 Å². The van der Waals surface area contributed by atoms with Crippen LogP contribution in [0, 0.1) is 17.1 Å². The van der Waals surface area contributed by atoms with Crippen molar-refractivity contribution in [2.45, 2.75) is 13.3 Å². The predicted octanol–water partition coefficient (Wildman–Crippen LogP) is 1.91. The molecule has 0 atom stereocenters. The van der Waals surface area contributed by atoms with E-state index < -0.39 is 17.5 Å². The number of nitrogens with zero attached hydrogens (tertiary/aromatic N) is 2. The van der Waals surface area contributed by atoms with Crippen molar-refractivity contribution in [2.24, 2.45) is 0 Å². The highest BCUT2D eigenvalue weighted by Gasteiger charge is 2.21. The summed E-state index contributed by atoms with van der Waals surface area (Å²) in [6.45, 7) is 2.07. The van der Waals surface area contributed by atoms with Gasteiger partial charge in [0.15, 0.2) is 0 Å². The normalized spacial score (nSPS) is 9.71. The molecule has 0 aliphatic carbocycles. The van der Waals surface area contributed by atoms with Crippen molar-refractivity contribution in [3.8, 4) is 11.8 Å². The summed E-state index contributed by atoms with van der Waals surface area (Å²) in [6.07, 6.45) is 0.655.